The molecular formula is C16H14BIN3O-. The first-order valence-corrected chi connectivity index (χ1v) is 9.57. The summed E-state index contributed by atoms with van der Waals surface area (Å²) in [4.78, 5) is 0. The van der Waals surface area contributed by atoms with E-state index in [1.807, 2.05) is 18.2 Å². The zero-order valence-electron chi connectivity index (χ0n) is 11.9. The van der Waals surface area contributed by atoms with E-state index in [4.69, 9.17) is 5.70 Å². The fourth-order valence-corrected chi connectivity index (χ4v) is 3.94. The average Bonchev–Trinajstić information content (AvgIpc) is 3.29. The van der Waals surface area contributed by atoms with Crippen molar-refractivity contribution in [3.05, 3.63) is 40.1 Å². The molecule has 1 fully saturated rings. The van der Waals surface area contributed by atoms with Gasteiger partial charge in [-0.05, 0) is 0 Å². The molecule has 0 atom stereocenters. The van der Waals surface area contributed by atoms with Crippen LogP contribution in [0.4, 0.5) is 0 Å². The predicted octanol–water partition coefficient (Wildman–Crippen LogP) is -0.444. The number of phenols is 1. The zero-order chi connectivity index (χ0) is 15.1. The third-order valence-electron chi connectivity index (χ3n) is 4.04. The van der Waals surface area contributed by atoms with E-state index in [0.29, 0.717) is 11.3 Å². The van der Waals surface area contributed by atoms with Crippen LogP contribution in [0.15, 0.2) is 36.4 Å². The number of nitrogens with zero attached hydrogens (tertiary/aromatic N) is 3. The summed E-state index contributed by atoms with van der Waals surface area (Å²) in [6, 6.07) is 11.3. The molecule has 1 aromatic carbocycles. The van der Waals surface area contributed by atoms with Crippen LogP contribution in [-0.2, 0) is 6.54 Å². The number of hydrogen-bond donors (Lipinski definition) is 1. The summed E-state index contributed by atoms with van der Waals surface area (Å²) >= 11 is -0.490. The number of hydrogen-bond acceptors (Lipinski definition) is 3. The van der Waals surface area contributed by atoms with Crippen molar-refractivity contribution in [3.8, 4) is 17.0 Å². The number of benzene rings is 1. The number of para-hydroxylation sites is 1. The molecule has 4 rings (SSSR count). The normalized spacial score (nSPS) is 14.7. The Labute approximate surface area is 140 Å². The third kappa shape index (κ3) is 2.49. The Morgan fingerprint density at radius 3 is 2.77 bits per heavy atom. The fourth-order valence-electron chi connectivity index (χ4n) is 2.67. The molecular weight excluding hydrogens is 388 g/mol. The van der Waals surface area contributed by atoms with Gasteiger partial charge in [-0.15, -0.1) is 0 Å². The molecule has 2 radical (unpaired) electrons. The van der Waals surface area contributed by atoms with Gasteiger partial charge in [0.2, 0.25) is 0 Å². The third-order valence-corrected chi connectivity index (χ3v) is 5.57. The molecule has 1 N–H and O–H groups in total. The molecule has 6 heteroatoms. The van der Waals surface area contributed by atoms with Crippen molar-refractivity contribution < 1.29 is 26.1 Å². The molecule has 1 aliphatic carbocycles. The SMILES string of the molecule is [B][I-]c1cc2nnc(-c3ccccc3O)cc2n1CC1CC1. The molecule has 0 bridgehead atoms. The van der Waals surface area contributed by atoms with E-state index in [1.54, 1.807) is 12.1 Å². The number of aromatic nitrogens is 3. The summed E-state index contributed by atoms with van der Waals surface area (Å²) in [6.45, 7) is 1.02. The monoisotopic (exact) mass is 402 g/mol. The van der Waals surface area contributed by atoms with Crippen LogP contribution in [0.5, 0.6) is 5.75 Å². The summed E-state index contributed by atoms with van der Waals surface area (Å²) in [5.41, 5.74) is 9.35. The van der Waals surface area contributed by atoms with Crippen LogP contribution in [0.25, 0.3) is 22.3 Å². The van der Waals surface area contributed by atoms with E-state index in [2.05, 4.69) is 20.8 Å². The Hall–Kier alpha value is -1.57. The molecule has 0 aliphatic heterocycles. The van der Waals surface area contributed by atoms with Crippen molar-refractivity contribution in [1.82, 2.24) is 14.8 Å². The maximum absolute atomic E-state index is 10.0. The van der Waals surface area contributed by atoms with Crippen LogP contribution in [0.1, 0.15) is 12.8 Å². The Bertz CT molecular complexity index is 845. The van der Waals surface area contributed by atoms with E-state index in [1.165, 1.54) is 16.5 Å². The number of phenolic OH excluding ortho intramolecular Hbond substituents is 1. The molecule has 110 valence electrons. The minimum atomic E-state index is -0.490. The Morgan fingerprint density at radius 1 is 1.23 bits per heavy atom. The van der Waals surface area contributed by atoms with Crippen molar-refractivity contribution in [2.75, 3.05) is 0 Å². The van der Waals surface area contributed by atoms with Crippen molar-refractivity contribution in [2.45, 2.75) is 19.4 Å². The molecule has 0 saturated heterocycles. The van der Waals surface area contributed by atoms with Gasteiger partial charge < -0.3 is 0 Å². The van der Waals surface area contributed by atoms with Gasteiger partial charge in [0.1, 0.15) is 0 Å². The number of fused-ring (bicyclic) bond motifs is 1. The van der Waals surface area contributed by atoms with E-state index in [0.717, 1.165) is 23.5 Å². The first-order chi connectivity index (χ1) is 10.8. The molecule has 2 heterocycles. The van der Waals surface area contributed by atoms with Crippen LogP contribution in [0.3, 0.4) is 0 Å². The van der Waals surface area contributed by atoms with E-state index >= 15 is 0 Å². The van der Waals surface area contributed by atoms with Gasteiger partial charge in [0, 0.05) is 0 Å². The van der Waals surface area contributed by atoms with Crippen LogP contribution < -0.4 is 21.0 Å². The van der Waals surface area contributed by atoms with E-state index in [9.17, 15) is 5.11 Å². The quantitative estimate of drug-likeness (QED) is 0.476. The van der Waals surface area contributed by atoms with Crippen molar-refractivity contribution in [1.29, 1.82) is 0 Å². The van der Waals surface area contributed by atoms with Gasteiger partial charge in [-0.25, -0.2) is 0 Å². The fraction of sp³-hybridized carbons (Fsp3) is 0.250. The maximum atomic E-state index is 10.0. The van der Waals surface area contributed by atoms with E-state index < -0.39 is 21.0 Å². The predicted molar refractivity (Wildman–Crippen MR) is 81.8 cm³/mol. The Morgan fingerprint density at radius 2 is 2.05 bits per heavy atom. The second-order valence-corrected chi connectivity index (χ2v) is 7.38. The van der Waals surface area contributed by atoms with Crippen LogP contribution in [0, 0.1) is 9.62 Å². The van der Waals surface area contributed by atoms with Gasteiger partial charge in [-0.1, -0.05) is 0 Å². The molecule has 4 nitrogen and oxygen atoms in total. The van der Waals surface area contributed by atoms with Gasteiger partial charge in [0.25, 0.3) is 0 Å². The van der Waals surface area contributed by atoms with Crippen LogP contribution in [-0.4, -0.2) is 25.6 Å². The van der Waals surface area contributed by atoms with Crippen LogP contribution >= 0.6 is 0 Å². The van der Waals surface area contributed by atoms with Gasteiger partial charge >= 0.3 is 140 Å². The van der Waals surface area contributed by atoms with Crippen molar-refractivity contribution >= 4 is 16.7 Å². The molecule has 22 heavy (non-hydrogen) atoms. The Balaban J connectivity index is 1.87. The van der Waals surface area contributed by atoms with Crippen molar-refractivity contribution in [2.24, 2.45) is 5.92 Å². The molecule has 0 unspecified atom stereocenters. The summed E-state index contributed by atoms with van der Waals surface area (Å²) in [5.74, 6) is 0.995. The summed E-state index contributed by atoms with van der Waals surface area (Å²) in [6.07, 6.45) is 2.60. The summed E-state index contributed by atoms with van der Waals surface area (Å²) in [7, 11) is 0. The number of rotatable bonds is 4. The summed E-state index contributed by atoms with van der Waals surface area (Å²) < 4.78 is 3.50. The van der Waals surface area contributed by atoms with Gasteiger partial charge in [0.15, 0.2) is 0 Å². The second kappa shape index (κ2) is 5.57. The zero-order valence-corrected chi connectivity index (χ0v) is 14.1. The summed E-state index contributed by atoms with van der Waals surface area (Å²) in [5, 5.41) is 18.6. The Kier molecular flexibility index (Phi) is 3.56. The molecule has 0 spiro atoms. The average molecular weight is 402 g/mol. The minimum absolute atomic E-state index is 0.225. The first kappa shape index (κ1) is 14.1. The standard InChI is InChI=1S/C16H14BIN3O/c17-18-16-8-13-14(21(16)9-10-5-6-10)7-12(19-20-13)11-3-1-2-4-15(11)22/h1-4,7-8,10,22H,5-6,9H2/q-1. The van der Waals surface area contributed by atoms with E-state index in [-0.39, 0.29) is 5.75 Å². The van der Waals surface area contributed by atoms with Gasteiger partial charge in [-0.3, -0.25) is 0 Å². The first-order valence-electron chi connectivity index (χ1n) is 7.25. The molecule has 1 aliphatic rings. The molecule has 2 aromatic heterocycles. The molecule has 1 saturated carbocycles. The topological polar surface area (TPSA) is 50.9 Å². The second-order valence-electron chi connectivity index (χ2n) is 5.65. The molecule has 0 amide bonds. The van der Waals surface area contributed by atoms with Crippen molar-refractivity contribution in [3.63, 3.8) is 0 Å². The number of aromatic hydroxyl groups is 1. The van der Waals surface area contributed by atoms with Crippen LogP contribution in [0.2, 0.25) is 0 Å². The van der Waals surface area contributed by atoms with Gasteiger partial charge in [0.05, 0.1) is 0 Å². The van der Waals surface area contributed by atoms with Gasteiger partial charge in [-0.2, -0.15) is 0 Å². The molecule has 3 aromatic rings. The number of halogens is 1.